The van der Waals surface area contributed by atoms with Crippen LogP contribution in [0.5, 0.6) is 5.75 Å². The van der Waals surface area contributed by atoms with Gasteiger partial charge in [0.2, 0.25) is 0 Å². The average Bonchev–Trinajstić information content (AvgIpc) is 3.28. The summed E-state index contributed by atoms with van der Waals surface area (Å²) >= 11 is 6.09. The predicted molar refractivity (Wildman–Crippen MR) is 138 cm³/mol. The lowest BCUT2D eigenvalue weighted by Gasteiger charge is -2.09. The van der Waals surface area contributed by atoms with Gasteiger partial charge >= 0.3 is 0 Å². The smallest absolute Gasteiger partial charge is 0.254 e. The van der Waals surface area contributed by atoms with Crippen molar-refractivity contribution in [2.75, 3.05) is 20.3 Å². The normalized spacial score (nSPS) is 10.8. The molecular weight excluding hydrogens is 480 g/mol. The second-order valence-corrected chi connectivity index (χ2v) is 8.55. The maximum absolute atomic E-state index is 12.8. The van der Waals surface area contributed by atoms with Crippen LogP contribution in [0.15, 0.2) is 83.9 Å². The van der Waals surface area contributed by atoms with Gasteiger partial charge in [0, 0.05) is 25.6 Å². The number of rotatable bonds is 11. The van der Waals surface area contributed by atoms with Gasteiger partial charge in [-0.05, 0) is 29.3 Å². The van der Waals surface area contributed by atoms with Crippen molar-refractivity contribution in [3.8, 4) is 5.75 Å². The van der Waals surface area contributed by atoms with E-state index in [-0.39, 0.29) is 24.7 Å². The number of ether oxygens (including phenoxy) is 2. The Bertz CT molecular complexity index is 1360. The van der Waals surface area contributed by atoms with E-state index in [9.17, 15) is 9.59 Å². The summed E-state index contributed by atoms with van der Waals surface area (Å²) in [5.74, 6) is 0.322. The monoisotopic (exact) mass is 506 g/mol. The average molecular weight is 507 g/mol. The molecule has 4 rings (SSSR count). The zero-order valence-corrected chi connectivity index (χ0v) is 20.6. The van der Waals surface area contributed by atoms with Gasteiger partial charge in [-0.25, -0.2) is 0 Å². The number of para-hydroxylation sites is 1. The topological polar surface area (TPSA) is 87.4 Å². The van der Waals surface area contributed by atoms with Crippen molar-refractivity contribution in [3.63, 3.8) is 0 Å². The lowest BCUT2D eigenvalue weighted by molar-refractivity contribution is 0.0942. The molecule has 2 aromatic carbocycles. The highest BCUT2D eigenvalue weighted by Gasteiger charge is 2.16. The van der Waals surface area contributed by atoms with E-state index in [2.05, 4.69) is 10.4 Å². The van der Waals surface area contributed by atoms with E-state index in [0.29, 0.717) is 41.7 Å². The first kappa shape index (κ1) is 25.2. The number of carbonyl (C=O) groups is 1. The SMILES string of the molecule is COCc1nn(Cc2ccc(Cn3ccccc3=O)cc2)cc1C(=O)NCCOc1ccccc1Cl. The Labute approximate surface area is 214 Å². The van der Waals surface area contributed by atoms with Gasteiger partial charge in [0.05, 0.1) is 36.8 Å². The van der Waals surface area contributed by atoms with Crippen LogP contribution in [0.4, 0.5) is 0 Å². The van der Waals surface area contributed by atoms with Crippen LogP contribution in [-0.2, 0) is 24.4 Å². The minimum atomic E-state index is -0.250. The summed E-state index contributed by atoms with van der Waals surface area (Å²) in [6.45, 7) is 1.81. The van der Waals surface area contributed by atoms with Crippen LogP contribution >= 0.6 is 11.6 Å². The molecule has 186 valence electrons. The Kier molecular flexibility index (Phi) is 8.54. The first-order chi connectivity index (χ1) is 17.5. The highest BCUT2D eigenvalue weighted by atomic mass is 35.5. The second-order valence-electron chi connectivity index (χ2n) is 8.14. The summed E-state index contributed by atoms with van der Waals surface area (Å²) in [5.41, 5.74) is 3.01. The summed E-state index contributed by atoms with van der Waals surface area (Å²) in [5, 5.41) is 7.92. The van der Waals surface area contributed by atoms with Gasteiger partial charge in [-0.1, -0.05) is 54.1 Å². The van der Waals surface area contributed by atoms with Gasteiger partial charge in [0.25, 0.3) is 11.5 Å². The Morgan fingerprint density at radius 3 is 2.44 bits per heavy atom. The third-order valence-electron chi connectivity index (χ3n) is 5.47. The number of methoxy groups -OCH3 is 1. The molecule has 1 amide bonds. The number of nitrogens with one attached hydrogen (secondary N) is 1. The number of nitrogens with zero attached hydrogens (tertiary/aromatic N) is 3. The summed E-state index contributed by atoms with van der Waals surface area (Å²) in [6, 6.07) is 20.3. The Morgan fingerprint density at radius 1 is 1.00 bits per heavy atom. The van der Waals surface area contributed by atoms with Crippen molar-refractivity contribution in [1.82, 2.24) is 19.7 Å². The van der Waals surface area contributed by atoms with Gasteiger partial charge in [0.15, 0.2) is 0 Å². The number of hydrogen-bond acceptors (Lipinski definition) is 5. The van der Waals surface area contributed by atoms with E-state index >= 15 is 0 Å². The zero-order valence-electron chi connectivity index (χ0n) is 19.9. The molecule has 2 aromatic heterocycles. The van der Waals surface area contributed by atoms with Crippen LogP contribution in [0, 0.1) is 0 Å². The Balaban J connectivity index is 1.36. The summed E-state index contributed by atoms with van der Waals surface area (Å²) in [7, 11) is 1.56. The van der Waals surface area contributed by atoms with E-state index in [1.165, 1.54) is 0 Å². The molecule has 0 unspecified atom stereocenters. The minimum Gasteiger partial charge on any atom is -0.490 e. The molecule has 9 heteroatoms. The molecule has 0 aliphatic heterocycles. The molecule has 0 bridgehead atoms. The van der Waals surface area contributed by atoms with Crippen molar-refractivity contribution in [3.05, 3.63) is 117 Å². The van der Waals surface area contributed by atoms with Gasteiger partial charge in [-0.15, -0.1) is 0 Å². The first-order valence-corrected chi connectivity index (χ1v) is 11.9. The third-order valence-corrected chi connectivity index (χ3v) is 5.78. The molecule has 0 atom stereocenters. The highest BCUT2D eigenvalue weighted by molar-refractivity contribution is 6.32. The number of benzene rings is 2. The largest absolute Gasteiger partial charge is 0.490 e. The summed E-state index contributed by atoms with van der Waals surface area (Å²) in [4.78, 5) is 24.7. The molecule has 0 aliphatic rings. The van der Waals surface area contributed by atoms with Gasteiger partial charge in [0.1, 0.15) is 18.1 Å². The number of amides is 1. The van der Waals surface area contributed by atoms with Crippen molar-refractivity contribution in [2.24, 2.45) is 0 Å². The molecule has 36 heavy (non-hydrogen) atoms. The first-order valence-electron chi connectivity index (χ1n) is 11.5. The van der Waals surface area contributed by atoms with E-state index in [1.54, 1.807) is 53.0 Å². The molecule has 0 saturated carbocycles. The van der Waals surface area contributed by atoms with Crippen LogP contribution in [-0.4, -0.2) is 40.5 Å². The van der Waals surface area contributed by atoms with Crippen LogP contribution in [0.1, 0.15) is 27.2 Å². The van der Waals surface area contributed by atoms with Gasteiger partial charge in [-0.2, -0.15) is 5.10 Å². The fourth-order valence-electron chi connectivity index (χ4n) is 3.68. The predicted octanol–water partition coefficient (Wildman–Crippen LogP) is 3.75. The van der Waals surface area contributed by atoms with E-state index in [1.807, 2.05) is 42.5 Å². The van der Waals surface area contributed by atoms with Gasteiger partial charge < -0.3 is 19.4 Å². The molecular formula is C27H27ClN4O4. The third kappa shape index (κ3) is 6.62. The fourth-order valence-corrected chi connectivity index (χ4v) is 3.87. The highest BCUT2D eigenvalue weighted by Crippen LogP contribution is 2.22. The van der Waals surface area contributed by atoms with Crippen molar-refractivity contribution in [1.29, 1.82) is 0 Å². The fraction of sp³-hybridized carbons (Fsp3) is 0.222. The van der Waals surface area contributed by atoms with E-state index in [0.717, 1.165) is 11.1 Å². The molecule has 1 N–H and O–H groups in total. The Hall–Kier alpha value is -3.88. The molecule has 0 aliphatic carbocycles. The zero-order chi connectivity index (χ0) is 25.3. The van der Waals surface area contributed by atoms with Crippen molar-refractivity contribution < 1.29 is 14.3 Å². The van der Waals surface area contributed by atoms with Gasteiger partial charge in [-0.3, -0.25) is 14.3 Å². The number of pyridine rings is 1. The molecule has 8 nitrogen and oxygen atoms in total. The summed E-state index contributed by atoms with van der Waals surface area (Å²) < 4.78 is 14.2. The molecule has 4 aromatic rings. The van der Waals surface area contributed by atoms with Crippen LogP contribution in [0.3, 0.4) is 0 Å². The van der Waals surface area contributed by atoms with Crippen LogP contribution in [0.25, 0.3) is 0 Å². The maximum Gasteiger partial charge on any atom is 0.254 e. The van der Waals surface area contributed by atoms with Crippen LogP contribution < -0.4 is 15.6 Å². The molecule has 0 spiro atoms. The summed E-state index contributed by atoms with van der Waals surface area (Å²) in [6.07, 6.45) is 3.49. The molecule has 0 fully saturated rings. The number of hydrogen-bond donors (Lipinski definition) is 1. The lowest BCUT2D eigenvalue weighted by Crippen LogP contribution is -2.28. The number of carbonyl (C=O) groups excluding carboxylic acids is 1. The van der Waals surface area contributed by atoms with Crippen molar-refractivity contribution >= 4 is 17.5 Å². The Morgan fingerprint density at radius 2 is 1.72 bits per heavy atom. The molecule has 2 heterocycles. The van der Waals surface area contributed by atoms with E-state index < -0.39 is 0 Å². The van der Waals surface area contributed by atoms with E-state index in [4.69, 9.17) is 21.1 Å². The maximum atomic E-state index is 12.8. The molecule has 0 radical (unpaired) electrons. The number of aromatic nitrogens is 3. The van der Waals surface area contributed by atoms with Crippen LogP contribution in [0.2, 0.25) is 5.02 Å². The number of halogens is 1. The standard InChI is InChI=1S/C27H27ClN4O4/c1-35-19-24-22(27(34)29-13-15-36-25-7-3-2-6-23(25)28)18-32(30-24)17-21-11-9-20(10-12-21)16-31-14-5-4-8-26(31)33/h2-12,14,18H,13,15-17,19H2,1H3,(H,29,34). The van der Waals surface area contributed by atoms with Crippen molar-refractivity contribution in [2.45, 2.75) is 19.7 Å². The quantitative estimate of drug-likeness (QED) is 0.313. The minimum absolute atomic E-state index is 0.0370. The molecule has 0 saturated heterocycles. The second kappa shape index (κ2) is 12.2. The lowest BCUT2D eigenvalue weighted by atomic mass is 10.1.